The summed E-state index contributed by atoms with van der Waals surface area (Å²) in [5, 5.41) is 10.6. The first kappa shape index (κ1) is 26.0. The Balaban J connectivity index is 0.00000450. The van der Waals surface area contributed by atoms with E-state index in [1.54, 1.807) is 14.2 Å². The zero-order valence-electron chi connectivity index (χ0n) is 18.5. The van der Waals surface area contributed by atoms with E-state index in [9.17, 15) is 0 Å². The molecule has 9 heteroatoms. The third kappa shape index (κ3) is 8.37. The summed E-state index contributed by atoms with van der Waals surface area (Å²) >= 11 is 0. The third-order valence-corrected chi connectivity index (χ3v) is 4.32. The van der Waals surface area contributed by atoms with Crippen LogP contribution < -0.4 is 20.1 Å². The highest BCUT2D eigenvalue weighted by Crippen LogP contribution is 2.27. The van der Waals surface area contributed by atoms with Crippen molar-refractivity contribution in [3.05, 3.63) is 35.5 Å². The molecule has 0 fully saturated rings. The highest BCUT2D eigenvalue weighted by Gasteiger charge is 2.09. The van der Waals surface area contributed by atoms with Crippen molar-refractivity contribution in [2.24, 2.45) is 4.99 Å². The lowest BCUT2D eigenvalue weighted by Gasteiger charge is -2.12. The smallest absolute Gasteiger partial charge is 0.226 e. The SMILES string of the molecule is CCNC(=NCCCc1nc(C(C)C)no1)NCCc1ccc(OC)c(OC)c1.I. The van der Waals surface area contributed by atoms with E-state index in [2.05, 4.69) is 46.5 Å². The van der Waals surface area contributed by atoms with Gasteiger partial charge in [0.2, 0.25) is 5.89 Å². The van der Waals surface area contributed by atoms with Gasteiger partial charge in [-0.05, 0) is 37.5 Å². The van der Waals surface area contributed by atoms with Crippen molar-refractivity contribution in [3.63, 3.8) is 0 Å². The van der Waals surface area contributed by atoms with Crippen molar-refractivity contribution in [3.8, 4) is 11.5 Å². The van der Waals surface area contributed by atoms with Crippen LogP contribution in [0.3, 0.4) is 0 Å². The summed E-state index contributed by atoms with van der Waals surface area (Å²) in [6, 6.07) is 5.97. The maximum absolute atomic E-state index is 5.36. The molecule has 168 valence electrons. The number of ether oxygens (including phenoxy) is 2. The lowest BCUT2D eigenvalue weighted by molar-refractivity contribution is 0.354. The quantitative estimate of drug-likeness (QED) is 0.198. The van der Waals surface area contributed by atoms with E-state index in [0.717, 1.165) is 55.6 Å². The standard InChI is InChI=1S/C21H33N5O3.HI/c1-6-22-21(23-12-7-8-19-25-20(15(2)3)26-29-19)24-13-11-16-9-10-17(27-4)18(14-16)28-5;/h9-10,14-15H,6-8,11-13H2,1-5H3,(H2,22,23,24);1H. The van der Waals surface area contributed by atoms with Gasteiger partial charge in [0.05, 0.1) is 14.2 Å². The first-order valence-corrected chi connectivity index (χ1v) is 10.1. The van der Waals surface area contributed by atoms with Crippen LogP contribution >= 0.6 is 24.0 Å². The number of halogens is 1. The number of nitrogens with one attached hydrogen (secondary N) is 2. The van der Waals surface area contributed by atoms with E-state index in [1.807, 2.05) is 18.2 Å². The van der Waals surface area contributed by atoms with Crippen LogP contribution in [0.15, 0.2) is 27.7 Å². The molecule has 0 aliphatic heterocycles. The highest BCUT2D eigenvalue weighted by molar-refractivity contribution is 14.0. The maximum Gasteiger partial charge on any atom is 0.226 e. The molecule has 1 aromatic heterocycles. The summed E-state index contributed by atoms with van der Waals surface area (Å²) in [7, 11) is 3.29. The molecular weight excluding hydrogens is 497 g/mol. The predicted octanol–water partition coefficient (Wildman–Crippen LogP) is 3.56. The molecule has 0 spiro atoms. The molecule has 0 aliphatic carbocycles. The summed E-state index contributed by atoms with van der Waals surface area (Å²) in [5.41, 5.74) is 1.17. The van der Waals surface area contributed by atoms with Gasteiger partial charge in [-0.3, -0.25) is 4.99 Å². The number of rotatable bonds is 11. The van der Waals surface area contributed by atoms with Crippen molar-refractivity contribution in [1.29, 1.82) is 0 Å². The van der Waals surface area contributed by atoms with E-state index >= 15 is 0 Å². The van der Waals surface area contributed by atoms with E-state index < -0.39 is 0 Å². The van der Waals surface area contributed by atoms with Gasteiger partial charge in [0, 0.05) is 32.0 Å². The number of methoxy groups -OCH3 is 2. The minimum Gasteiger partial charge on any atom is -0.493 e. The van der Waals surface area contributed by atoms with E-state index in [0.29, 0.717) is 12.4 Å². The molecule has 2 aromatic rings. The van der Waals surface area contributed by atoms with Gasteiger partial charge in [0.25, 0.3) is 0 Å². The Labute approximate surface area is 196 Å². The normalized spacial score (nSPS) is 11.2. The van der Waals surface area contributed by atoms with Crippen molar-refractivity contribution in [2.75, 3.05) is 33.9 Å². The van der Waals surface area contributed by atoms with Gasteiger partial charge < -0.3 is 24.6 Å². The van der Waals surface area contributed by atoms with Gasteiger partial charge in [-0.15, -0.1) is 24.0 Å². The van der Waals surface area contributed by atoms with Crippen LogP contribution in [0.5, 0.6) is 11.5 Å². The summed E-state index contributed by atoms with van der Waals surface area (Å²) in [5.74, 6) is 4.00. The van der Waals surface area contributed by atoms with Crippen LogP contribution in [0, 0.1) is 0 Å². The van der Waals surface area contributed by atoms with Crippen LogP contribution in [0.25, 0.3) is 0 Å². The number of hydrogen-bond donors (Lipinski definition) is 2. The van der Waals surface area contributed by atoms with Crippen molar-refractivity contribution < 1.29 is 14.0 Å². The number of guanidine groups is 1. The molecule has 30 heavy (non-hydrogen) atoms. The molecule has 1 aromatic carbocycles. The molecule has 0 amide bonds. The average molecular weight is 531 g/mol. The molecule has 0 bridgehead atoms. The van der Waals surface area contributed by atoms with Crippen LogP contribution in [-0.4, -0.2) is 50.0 Å². The molecule has 0 saturated heterocycles. The van der Waals surface area contributed by atoms with Crippen LogP contribution in [0.1, 0.15) is 50.4 Å². The first-order chi connectivity index (χ1) is 14.1. The zero-order valence-corrected chi connectivity index (χ0v) is 20.9. The monoisotopic (exact) mass is 531 g/mol. The average Bonchev–Trinajstić information content (AvgIpc) is 3.20. The van der Waals surface area contributed by atoms with Gasteiger partial charge in [-0.1, -0.05) is 25.1 Å². The van der Waals surface area contributed by atoms with Gasteiger partial charge in [-0.25, -0.2) is 0 Å². The molecule has 0 atom stereocenters. The number of aromatic nitrogens is 2. The van der Waals surface area contributed by atoms with Crippen molar-refractivity contribution >= 4 is 29.9 Å². The molecule has 8 nitrogen and oxygen atoms in total. The Kier molecular flexibility index (Phi) is 12.2. The van der Waals surface area contributed by atoms with Crippen molar-refractivity contribution in [2.45, 2.75) is 46.0 Å². The number of benzene rings is 1. The summed E-state index contributed by atoms with van der Waals surface area (Å²) in [6.45, 7) is 8.42. The fourth-order valence-electron chi connectivity index (χ4n) is 2.73. The zero-order chi connectivity index (χ0) is 21.1. The molecule has 2 N–H and O–H groups in total. The predicted molar refractivity (Wildman–Crippen MR) is 129 cm³/mol. The van der Waals surface area contributed by atoms with Crippen molar-refractivity contribution in [1.82, 2.24) is 20.8 Å². The lowest BCUT2D eigenvalue weighted by Crippen LogP contribution is -2.38. The molecule has 0 unspecified atom stereocenters. The second kappa shape index (κ2) is 14.1. The number of aryl methyl sites for hydroxylation is 1. The Morgan fingerprint density at radius 1 is 1.13 bits per heavy atom. The fourth-order valence-corrected chi connectivity index (χ4v) is 2.73. The summed E-state index contributed by atoms with van der Waals surface area (Å²) < 4.78 is 15.9. The van der Waals surface area contributed by atoms with Gasteiger partial charge in [0.1, 0.15) is 0 Å². The van der Waals surface area contributed by atoms with Gasteiger partial charge >= 0.3 is 0 Å². The largest absolute Gasteiger partial charge is 0.493 e. The topological polar surface area (TPSA) is 93.8 Å². The Morgan fingerprint density at radius 2 is 1.90 bits per heavy atom. The Morgan fingerprint density at radius 3 is 2.53 bits per heavy atom. The molecule has 0 radical (unpaired) electrons. The molecule has 1 heterocycles. The summed E-state index contributed by atoms with van der Waals surface area (Å²) in [4.78, 5) is 9.02. The van der Waals surface area contributed by atoms with Crippen LogP contribution in [-0.2, 0) is 12.8 Å². The second-order valence-corrected chi connectivity index (χ2v) is 6.93. The van der Waals surface area contributed by atoms with Crippen LogP contribution in [0.4, 0.5) is 0 Å². The van der Waals surface area contributed by atoms with E-state index in [4.69, 9.17) is 14.0 Å². The minimum atomic E-state index is 0. The summed E-state index contributed by atoms with van der Waals surface area (Å²) in [6.07, 6.45) is 2.44. The Bertz CT molecular complexity index is 780. The highest BCUT2D eigenvalue weighted by atomic mass is 127. The maximum atomic E-state index is 5.36. The number of aliphatic imine (C=N–C) groups is 1. The van der Waals surface area contributed by atoms with E-state index in [-0.39, 0.29) is 29.9 Å². The van der Waals surface area contributed by atoms with Gasteiger partial charge in [-0.2, -0.15) is 4.98 Å². The molecule has 0 saturated carbocycles. The van der Waals surface area contributed by atoms with Gasteiger partial charge in [0.15, 0.2) is 23.3 Å². The lowest BCUT2D eigenvalue weighted by atomic mass is 10.1. The minimum absolute atomic E-state index is 0. The fraction of sp³-hybridized carbons (Fsp3) is 0.571. The number of hydrogen-bond acceptors (Lipinski definition) is 6. The Hall–Kier alpha value is -2.04. The van der Waals surface area contributed by atoms with E-state index in [1.165, 1.54) is 5.56 Å². The molecular formula is C21H34IN5O3. The molecule has 0 aliphatic rings. The number of nitrogens with zero attached hydrogens (tertiary/aromatic N) is 3. The molecule has 2 rings (SSSR count). The second-order valence-electron chi connectivity index (χ2n) is 6.93. The third-order valence-electron chi connectivity index (χ3n) is 4.32. The first-order valence-electron chi connectivity index (χ1n) is 10.1. The van der Waals surface area contributed by atoms with Crippen LogP contribution in [0.2, 0.25) is 0 Å².